The van der Waals surface area contributed by atoms with Gasteiger partial charge in [-0.25, -0.2) is 4.79 Å². The molecule has 10 nitrogen and oxygen atoms in total. The van der Waals surface area contributed by atoms with Gasteiger partial charge in [-0.1, -0.05) is 12.1 Å². The molecule has 0 aliphatic heterocycles. The second kappa shape index (κ2) is 8.33. The van der Waals surface area contributed by atoms with Crippen molar-refractivity contribution in [3.63, 3.8) is 0 Å². The lowest BCUT2D eigenvalue weighted by Gasteiger charge is -2.07. The van der Waals surface area contributed by atoms with Crippen LogP contribution in [0.2, 0.25) is 0 Å². The van der Waals surface area contributed by atoms with Crippen LogP contribution in [0.5, 0.6) is 0 Å². The molecule has 0 aliphatic carbocycles. The number of amides is 1. The summed E-state index contributed by atoms with van der Waals surface area (Å²) in [7, 11) is 0. The second-order valence-corrected chi connectivity index (χ2v) is 5.01. The van der Waals surface area contributed by atoms with E-state index < -0.39 is 21.7 Å². The van der Waals surface area contributed by atoms with E-state index in [-0.39, 0.29) is 35.7 Å². The molecule has 0 aliphatic rings. The number of nitrogens with zero attached hydrogens (tertiary/aromatic N) is 2. The van der Waals surface area contributed by atoms with Gasteiger partial charge in [-0.15, -0.1) is 0 Å². The zero-order chi connectivity index (χ0) is 19.1. The van der Waals surface area contributed by atoms with Crippen LogP contribution in [0.15, 0.2) is 48.5 Å². The van der Waals surface area contributed by atoms with Gasteiger partial charge in [0.25, 0.3) is 17.3 Å². The number of rotatable bonds is 7. The van der Waals surface area contributed by atoms with Crippen LogP contribution < -0.4 is 5.32 Å². The monoisotopic (exact) mass is 359 g/mol. The topological polar surface area (TPSA) is 142 Å². The Hall–Kier alpha value is -3.82. The van der Waals surface area contributed by atoms with Crippen LogP contribution >= 0.6 is 0 Å². The summed E-state index contributed by atoms with van der Waals surface area (Å²) in [6.45, 7) is -0.190. The van der Waals surface area contributed by atoms with Crippen molar-refractivity contribution in [2.75, 3.05) is 13.2 Å². The summed E-state index contributed by atoms with van der Waals surface area (Å²) in [5.74, 6) is -1.32. The number of esters is 1. The van der Waals surface area contributed by atoms with Gasteiger partial charge in [0.2, 0.25) is 0 Å². The Morgan fingerprint density at radius 3 is 2.04 bits per heavy atom. The highest BCUT2D eigenvalue weighted by Gasteiger charge is 2.13. The average molecular weight is 359 g/mol. The molecular formula is C16H13N3O7. The van der Waals surface area contributed by atoms with Gasteiger partial charge in [-0.05, 0) is 12.1 Å². The number of benzene rings is 2. The molecule has 1 N–H and O–H groups in total. The maximum atomic E-state index is 11.9. The highest BCUT2D eigenvalue weighted by atomic mass is 16.6. The van der Waals surface area contributed by atoms with Crippen LogP contribution in [0.1, 0.15) is 20.7 Å². The highest BCUT2D eigenvalue weighted by molar-refractivity contribution is 5.94. The lowest BCUT2D eigenvalue weighted by molar-refractivity contribution is -0.385. The fourth-order valence-electron chi connectivity index (χ4n) is 2.00. The third-order valence-corrected chi connectivity index (χ3v) is 3.23. The van der Waals surface area contributed by atoms with Gasteiger partial charge in [-0.3, -0.25) is 25.0 Å². The maximum absolute atomic E-state index is 11.9. The number of non-ortho nitro benzene ring substituents is 2. The molecule has 0 saturated carbocycles. The third kappa shape index (κ3) is 4.84. The van der Waals surface area contributed by atoms with Gasteiger partial charge in [0.05, 0.1) is 22.0 Å². The van der Waals surface area contributed by atoms with Crippen molar-refractivity contribution in [3.05, 3.63) is 79.9 Å². The van der Waals surface area contributed by atoms with Gasteiger partial charge < -0.3 is 10.1 Å². The molecule has 26 heavy (non-hydrogen) atoms. The number of carbonyl (C=O) groups excluding carboxylic acids is 2. The number of nitrogens with one attached hydrogen (secondary N) is 1. The Morgan fingerprint density at radius 2 is 1.46 bits per heavy atom. The van der Waals surface area contributed by atoms with E-state index in [1.54, 1.807) is 0 Å². The molecule has 0 saturated heterocycles. The molecule has 134 valence electrons. The summed E-state index contributed by atoms with van der Waals surface area (Å²) in [4.78, 5) is 43.8. The van der Waals surface area contributed by atoms with Crippen LogP contribution in [0, 0.1) is 20.2 Å². The van der Waals surface area contributed by atoms with Crippen molar-refractivity contribution in [2.45, 2.75) is 0 Å². The molecule has 2 aromatic carbocycles. The van der Waals surface area contributed by atoms with Gasteiger partial charge in [0.15, 0.2) is 0 Å². The lowest BCUT2D eigenvalue weighted by atomic mass is 10.2. The fraction of sp³-hybridized carbons (Fsp3) is 0.125. The largest absolute Gasteiger partial charge is 0.460 e. The van der Waals surface area contributed by atoms with Gasteiger partial charge in [-0.2, -0.15) is 0 Å². The summed E-state index contributed by atoms with van der Waals surface area (Å²) in [6.07, 6.45) is 0. The first-order valence-electron chi connectivity index (χ1n) is 7.32. The second-order valence-electron chi connectivity index (χ2n) is 5.01. The number of ether oxygens (including phenoxy) is 1. The van der Waals surface area contributed by atoms with Crippen molar-refractivity contribution in [1.29, 1.82) is 0 Å². The number of hydrogen-bond donors (Lipinski definition) is 1. The first kappa shape index (κ1) is 18.5. The van der Waals surface area contributed by atoms with Gasteiger partial charge >= 0.3 is 5.97 Å². The maximum Gasteiger partial charge on any atom is 0.338 e. The minimum absolute atomic E-state index is 0.0178. The summed E-state index contributed by atoms with van der Waals surface area (Å²) in [6, 6.07) is 10.3. The van der Waals surface area contributed by atoms with Crippen LogP contribution in [0.4, 0.5) is 11.4 Å². The number of hydrogen-bond acceptors (Lipinski definition) is 7. The van der Waals surface area contributed by atoms with E-state index in [0.29, 0.717) is 0 Å². The predicted molar refractivity (Wildman–Crippen MR) is 88.8 cm³/mol. The van der Waals surface area contributed by atoms with E-state index in [0.717, 1.165) is 12.1 Å². The first-order valence-corrected chi connectivity index (χ1v) is 7.32. The van der Waals surface area contributed by atoms with E-state index in [1.807, 2.05) is 0 Å². The van der Waals surface area contributed by atoms with Crippen molar-refractivity contribution < 1.29 is 24.2 Å². The van der Waals surface area contributed by atoms with Crippen LogP contribution in [0.3, 0.4) is 0 Å². The molecule has 1 amide bonds. The number of carbonyl (C=O) groups is 2. The van der Waals surface area contributed by atoms with E-state index >= 15 is 0 Å². The molecule has 2 aromatic rings. The fourth-order valence-corrected chi connectivity index (χ4v) is 2.00. The molecular weight excluding hydrogens is 346 g/mol. The molecule has 0 spiro atoms. The quantitative estimate of drug-likeness (QED) is 0.345. The normalized spacial score (nSPS) is 10.0. The van der Waals surface area contributed by atoms with Gasteiger partial charge in [0, 0.05) is 29.8 Å². The van der Waals surface area contributed by atoms with Crippen LogP contribution in [0.25, 0.3) is 0 Å². The standard InChI is InChI=1S/C16H13N3O7/c20-15(11-3-1-5-13(9-11)18(22)23)17-7-8-26-16(21)12-4-2-6-14(10-12)19(24)25/h1-6,9-10H,7-8H2,(H,17,20). The smallest absolute Gasteiger partial charge is 0.338 e. The number of nitro groups is 2. The molecule has 0 unspecified atom stereocenters. The first-order chi connectivity index (χ1) is 12.4. The zero-order valence-corrected chi connectivity index (χ0v) is 13.3. The Morgan fingerprint density at radius 1 is 0.923 bits per heavy atom. The van der Waals surface area contributed by atoms with E-state index in [1.165, 1.54) is 36.4 Å². The zero-order valence-electron chi connectivity index (χ0n) is 13.3. The van der Waals surface area contributed by atoms with Crippen molar-refractivity contribution in [1.82, 2.24) is 5.32 Å². The van der Waals surface area contributed by atoms with Crippen molar-refractivity contribution in [2.24, 2.45) is 0 Å². The van der Waals surface area contributed by atoms with Crippen molar-refractivity contribution in [3.8, 4) is 0 Å². The number of nitro benzene ring substituents is 2. The minimum Gasteiger partial charge on any atom is -0.460 e. The molecule has 10 heteroatoms. The van der Waals surface area contributed by atoms with Gasteiger partial charge in [0.1, 0.15) is 6.61 Å². The Labute approximate surface area is 146 Å². The molecule has 0 heterocycles. The Balaban J connectivity index is 1.84. The molecule has 0 aromatic heterocycles. The van der Waals surface area contributed by atoms with Crippen molar-refractivity contribution >= 4 is 23.3 Å². The molecule has 0 fully saturated rings. The van der Waals surface area contributed by atoms with Crippen LogP contribution in [-0.4, -0.2) is 34.9 Å². The summed E-state index contributed by atoms with van der Waals surface area (Å²) in [5, 5.41) is 23.8. The summed E-state index contributed by atoms with van der Waals surface area (Å²) < 4.78 is 4.93. The molecule has 0 atom stereocenters. The predicted octanol–water partition coefficient (Wildman–Crippen LogP) is 2.09. The minimum atomic E-state index is -0.765. The molecule has 0 radical (unpaired) electrons. The Bertz CT molecular complexity index is 795. The SMILES string of the molecule is O=C(NCCOC(=O)c1cccc([N+](=O)[O-])c1)c1cccc([N+](=O)[O-])c1. The third-order valence-electron chi connectivity index (χ3n) is 3.23. The Kier molecular flexibility index (Phi) is 5.93. The highest BCUT2D eigenvalue weighted by Crippen LogP contribution is 2.14. The summed E-state index contributed by atoms with van der Waals surface area (Å²) in [5.41, 5.74) is -0.332. The van der Waals surface area contributed by atoms with E-state index in [9.17, 15) is 29.8 Å². The van der Waals surface area contributed by atoms with E-state index in [2.05, 4.69) is 5.32 Å². The summed E-state index contributed by atoms with van der Waals surface area (Å²) >= 11 is 0. The molecule has 2 rings (SSSR count). The van der Waals surface area contributed by atoms with Crippen LogP contribution in [-0.2, 0) is 4.74 Å². The lowest BCUT2D eigenvalue weighted by Crippen LogP contribution is -2.28. The average Bonchev–Trinajstić information content (AvgIpc) is 2.65. The molecule has 0 bridgehead atoms. The van der Waals surface area contributed by atoms with E-state index in [4.69, 9.17) is 4.74 Å².